The lowest BCUT2D eigenvalue weighted by molar-refractivity contribution is -0.118. The Morgan fingerprint density at radius 3 is 2.81 bits per heavy atom. The van der Waals surface area contributed by atoms with Gasteiger partial charge in [-0.1, -0.05) is 18.2 Å². The van der Waals surface area contributed by atoms with E-state index in [1.807, 2.05) is 29.2 Å². The van der Waals surface area contributed by atoms with Gasteiger partial charge in [0.25, 0.3) is 0 Å². The van der Waals surface area contributed by atoms with Gasteiger partial charge in [0.15, 0.2) is 0 Å². The summed E-state index contributed by atoms with van der Waals surface area (Å²) >= 11 is 0. The monoisotopic (exact) mass is 397 g/mol. The van der Waals surface area contributed by atoms with Gasteiger partial charge in [-0.2, -0.15) is 0 Å². The van der Waals surface area contributed by atoms with E-state index in [1.54, 1.807) is 7.11 Å². The van der Waals surface area contributed by atoms with Gasteiger partial charge >= 0.3 is 0 Å². The molecule has 2 aromatic rings. The molecule has 2 aromatic carbocycles. The summed E-state index contributed by atoms with van der Waals surface area (Å²) in [4.78, 5) is 14.4. The number of para-hydroxylation sites is 1. The summed E-state index contributed by atoms with van der Waals surface area (Å²) in [5, 5.41) is 5.83. The lowest BCUT2D eigenvalue weighted by Crippen LogP contribution is -2.48. The summed E-state index contributed by atoms with van der Waals surface area (Å²) in [6.07, 6.45) is 0. The molecule has 2 N–H and O–H groups in total. The summed E-state index contributed by atoms with van der Waals surface area (Å²) in [7, 11) is 1.61. The van der Waals surface area contributed by atoms with Crippen LogP contribution in [0.4, 0.5) is 14.5 Å². The fraction of sp³-hybridized carbons (Fsp3) is 0.316. The van der Waals surface area contributed by atoms with Crippen molar-refractivity contribution in [1.29, 1.82) is 0 Å². The van der Waals surface area contributed by atoms with Crippen molar-refractivity contribution in [2.75, 3.05) is 38.6 Å². The predicted molar refractivity (Wildman–Crippen MR) is 102 cm³/mol. The van der Waals surface area contributed by atoms with Crippen molar-refractivity contribution in [2.24, 2.45) is 0 Å². The number of benzene rings is 2. The number of carbonyl (C=O) groups excluding carboxylic acids is 1. The predicted octanol–water partition coefficient (Wildman–Crippen LogP) is 2.98. The van der Waals surface area contributed by atoms with Crippen LogP contribution in [0.3, 0.4) is 0 Å². The van der Waals surface area contributed by atoms with Crippen molar-refractivity contribution in [3.05, 3.63) is 59.7 Å². The van der Waals surface area contributed by atoms with Gasteiger partial charge in [0, 0.05) is 31.3 Å². The van der Waals surface area contributed by atoms with Crippen LogP contribution in [0.2, 0.25) is 0 Å². The van der Waals surface area contributed by atoms with Gasteiger partial charge in [-0.25, -0.2) is 8.78 Å². The lowest BCUT2D eigenvalue weighted by Gasteiger charge is -2.36. The molecule has 1 amide bonds. The van der Waals surface area contributed by atoms with Gasteiger partial charge in [-0.05, 0) is 18.2 Å². The average Bonchev–Trinajstić information content (AvgIpc) is 2.64. The van der Waals surface area contributed by atoms with Crippen molar-refractivity contribution in [3.63, 3.8) is 0 Å². The van der Waals surface area contributed by atoms with Crippen LogP contribution in [0.1, 0.15) is 11.6 Å². The second-order valence-electron chi connectivity index (χ2n) is 6.10. The largest absolute Gasteiger partial charge is 0.496 e. The normalized spacial score (nSPS) is 17.1. The number of nitrogens with zero attached hydrogens (tertiary/aromatic N) is 1. The number of piperazine rings is 1. The molecule has 0 saturated carbocycles. The summed E-state index contributed by atoms with van der Waals surface area (Å²) in [6.45, 7) is 2.20. The first kappa shape index (κ1) is 21.1. The SMILES string of the molecule is COc1ccccc1C1CNCCN1CC(=O)Nc1ccc(F)cc1F.Cl. The molecule has 1 aliphatic rings. The smallest absolute Gasteiger partial charge is 0.238 e. The molecule has 1 aliphatic heterocycles. The van der Waals surface area contributed by atoms with Crippen molar-refractivity contribution in [3.8, 4) is 5.75 Å². The zero-order valence-electron chi connectivity index (χ0n) is 14.9. The highest BCUT2D eigenvalue weighted by Crippen LogP contribution is 2.30. The van der Waals surface area contributed by atoms with E-state index in [4.69, 9.17) is 4.74 Å². The minimum absolute atomic E-state index is 0. The maximum absolute atomic E-state index is 13.7. The fourth-order valence-corrected chi connectivity index (χ4v) is 3.15. The van der Waals surface area contributed by atoms with Crippen LogP contribution in [0.25, 0.3) is 0 Å². The third-order valence-electron chi connectivity index (χ3n) is 4.40. The minimum Gasteiger partial charge on any atom is -0.496 e. The Balaban J connectivity index is 0.00000261. The van der Waals surface area contributed by atoms with Crippen LogP contribution >= 0.6 is 12.4 Å². The second-order valence-corrected chi connectivity index (χ2v) is 6.10. The third-order valence-corrected chi connectivity index (χ3v) is 4.40. The van der Waals surface area contributed by atoms with Crippen molar-refractivity contribution in [1.82, 2.24) is 10.2 Å². The highest BCUT2D eigenvalue weighted by atomic mass is 35.5. The standard InChI is InChI=1S/C19H21F2N3O2.ClH/c1-26-18-5-3-2-4-14(18)17-11-22-8-9-24(17)12-19(25)23-16-7-6-13(20)10-15(16)21;/h2-7,10,17,22H,8-9,11-12H2,1H3,(H,23,25);1H. The Bertz CT molecular complexity index is 791. The molecule has 27 heavy (non-hydrogen) atoms. The Kier molecular flexibility index (Phi) is 7.53. The molecule has 1 heterocycles. The molecule has 0 aromatic heterocycles. The van der Waals surface area contributed by atoms with Crippen LogP contribution in [0.15, 0.2) is 42.5 Å². The molecule has 1 saturated heterocycles. The van der Waals surface area contributed by atoms with Gasteiger partial charge < -0.3 is 15.4 Å². The van der Waals surface area contributed by atoms with Crippen molar-refractivity contribution >= 4 is 24.0 Å². The molecular weight excluding hydrogens is 376 g/mol. The number of rotatable bonds is 5. The molecule has 1 unspecified atom stereocenters. The van der Waals surface area contributed by atoms with Crippen LogP contribution in [-0.2, 0) is 4.79 Å². The topological polar surface area (TPSA) is 53.6 Å². The summed E-state index contributed by atoms with van der Waals surface area (Å²) in [5.74, 6) is -1.06. The van der Waals surface area contributed by atoms with Gasteiger partial charge in [0.2, 0.25) is 5.91 Å². The number of anilines is 1. The van der Waals surface area contributed by atoms with Crippen molar-refractivity contribution < 1.29 is 18.3 Å². The van der Waals surface area contributed by atoms with Crippen molar-refractivity contribution in [2.45, 2.75) is 6.04 Å². The molecule has 146 valence electrons. The molecule has 0 spiro atoms. The lowest BCUT2D eigenvalue weighted by atomic mass is 10.0. The van der Waals surface area contributed by atoms with Crippen LogP contribution in [0.5, 0.6) is 5.75 Å². The molecule has 3 rings (SSSR count). The van der Waals surface area contributed by atoms with E-state index in [0.717, 1.165) is 30.0 Å². The number of methoxy groups -OCH3 is 1. The Labute approximate surface area is 163 Å². The van der Waals surface area contributed by atoms with Crippen LogP contribution in [0, 0.1) is 11.6 Å². The number of hydrogen-bond donors (Lipinski definition) is 2. The number of halogens is 3. The Morgan fingerprint density at radius 2 is 2.07 bits per heavy atom. The number of nitrogens with one attached hydrogen (secondary N) is 2. The second kappa shape index (κ2) is 9.64. The first-order valence-corrected chi connectivity index (χ1v) is 8.41. The van der Waals surface area contributed by atoms with E-state index in [2.05, 4.69) is 10.6 Å². The highest BCUT2D eigenvalue weighted by molar-refractivity contribution is 5.92. The van der Waals surface area contributed by atoms with Gasteiger partial charge in [0.05, 0.1) is 25.4 Å². The molecule has 5 nitrogen and oxygen atoms in total. The minimum atomic E-state index is -0.792. The first-order valence-electron chi connectivity index (χ1n) is 8.41. The zero-order chi connectivity index (χ0) is 18.5. The average molecular weight is 398 g/mol. The van der Waals surface area contributed by atoms with E-state index in [0.29, 0.717) is 13.1 Å². The maximum atomic E-state index is 13.7. The molecule has 0 bridgehead atoms. The fourth-order valence-electron chi connectivity index (χ4n) is 3.15. The van der Waals surface area contributed by atoms with Crippen LogP contribution in [-0.4, -0.2) is 44.1 Å². The summed E-state index contributed by atoms with van der Waals surface area (Å²) in [5.41, 5.74) is 0.961. The summed E-state index contributed by atoms with van der Waals surface area (Å²) in [6, 6.07) is 10.7. The third kappa shape index (κ3) is 5.15. The maximum Gasteiger partial charge on any atom is 0.238 e. The highest BCUT2D eigenvalue weighted by Gasteiger charge is 2.27. The van der Waals surface area contributed by atoms with E-state index in [9.17, 15) is 13.6 Å². The van der Waals surface area contributed by atoms with Gasteiger partial charge in [-0.3, -0.25) is 9.69 Å². The van der Waals surface area contributed by atoms with Crippen LogP contribution < -0.4 is 15.4 Å². The number of amides is 1. The summed E-state index contributed by atoms with van der Waals surface area (Å²) < 4.78 is 32.2. The van der Waals surface area contributed by atoms with E-state index < -0.39 is 11.6 Å². The van der Waals surface area contributed by atoms with Gasteiger partial charge in [0.1, 0.15) is 17.4 Å². The molecule has 1 fully saturated rings. The Hall–Kier alpha value is -2.22. The van der Waals surface area contributed by atoms with E-state index >= 15 is 0 Å². The number of ether oxygens (including phenoxy) is 1. The molecule has 0 aliphatic carbocycles. The van der Waals surface area contributed by atoms with Gasteiger partial charge in [-0.15, -0.1) is 12.4 Å². The molecule has 8 heteroatoms. The molecule has 1 atom stereocenters. The molecular formula is C19H22ClF2N3O2. The first-order chi connectivity index (χ1) is 12.6. The quantitative estimate of drug-likeness (QED) is 0.814. The zero-order valence-corrected chi connectivity index (χ0v) is 15.7. The van der Waals surface area contributed by atoms with E-state index in [1.165, 1.54) is 6.07 Å². The molecule has 0 radical (unpaired) electrons. The number of carbonyl (C=O) groups is 1. The Morgan fingerprint density at radius 1 is 1.30 bits per heavy atom. The van der Waals surface area contributed by atoms with E-state index in [-0.39, 0.29) is 36.6 Å². The number of hydrogen-bond acceptors (Lipinski definition) is 4.